The maximum Gasteiger partial charge on any atom is 0.416 e. The summed E-state index contributed by atoms with van der Waals surface area (Å²) in [5.74, 6) is 0.250. The minimum Gasteiger partial charge on any atom is -0.481 e. The van der Waals surface area contributed by atoms with E-state index in [0.717, 1.165) is 12.1 Å². The molecule has 0 unspecified atom stereocenters. The first kappa shape index (κ1) is 23.2. The molecule has 4 aromatic rings. The van der Waals surface area contributed by atoms with E-state index in [4.69, 9.17) is 4.74 Å². The quantitative estimate of drug-likeness (QED) is 0.397. The molecule has 0 saturated heterocycles. The van der Waals surface area contributed by atoms with E-state index in [-0.39, 0.29) is 22.1 Å². The number of fused-ring (bicyclic) bond motifs is 1. The van der Waals surface area contributed by atoms with E-state index >= 15 is 0 Å². The van der Waals surface area contributed by atoms with Crippen molar-refractivity contribution in [2.24, 2.45) is 0 Å². The zero-order chi connectivity index (χ0) is 24.5. The second-order valence-corrected chi connectivity index (χ2v) is 8.92. The van der Waals surface area contributed by atoms with Gasteiger partial charge in [-0.1, -0.05) is 6.07 Å². The summed E-state index contributed by atoms with van der Waals surface area (Å²) in [6.07, 6.45) is -3.30. The molecule has 0 amide bonds. The highest BCUT2D eigenvalue weighted by molar-refractivity contribution is 7.92. The van der Waals surface area contributed by atoms with Gasteiger partial charge in [-0.25, -0.2) is 18.4 Å². The molecule has 0 radical (unpaired) electrons. The van der Waals surface area contributed by atoms with Crippen LogP contribution in [0.15, 0.2) is 65.8 Å². The minimum absolute atomic E-state index is 0.0128. The Balaban J connectivity index is 1.59. The van der Waals surface area contributed by atoms with Crippen LogP contribution >= 0.6 is 0 Å². The van der Waals surface area contributed by atoms with Gasteiger partial charge < -0.3 is 10.1 Å². The Labute approximate surface area is 192 Å². The number of sulfonamides is 1. The Morgan fingerprint density at radius 3 is 2.38 bits per heavy atom. The second-order valence-electron chi connectivity index (χ2n) is 7.24. The van der Waals surface area contributed by atoms with E-state index in [9.17, 15) is 21.6 Å². The number of rotatable bonds is 6. The molecule has 0 aliphatic rings. The van der Waals surface area contributed by atoms with Gasteiger partial charge in [0.1, 0.15) is 12.1 Å². The van der Waals surface area contributed by atoms with Crippen molar-refractivity contribution in [3.05, 3.63) is 72.2 Å². The molecule has 2 N–H and O–H groups in total. The highest BCUT2D eigenvalue weighted by Crippen LogP contribution is 2.34. The molecule has 0 spiro atoms. The standard InChI is InChI=1S/C22H18F3N5O3S/c1-13-9-18(17-8-3-14(22(23,24)25)10-19(17)28-13)29-15-4-6-16(7-5-15)34(31,32)30-20-11-21(33-2)27-12-26-20/h3-12H,1-2H3,(H,28,29)(H,26,27,30). The number of hydrogen-bond donors (Lipinski definition) is 2. The Morgan fingerprint density at radius 2 is 1.71 bits per heavy atom. The maximum absolute atomic E-state index is 13.1. The first-order valence-corrected chi connectivity index (χ1v) is 11.3. The van der Waals surface area contributed by atoms with Gasteiger partial charge in [-0.3, -0.25) is 9.71 Å². The van der Waals surface area contributed by atoms with Gasteiger partial charge >= 0.3 is 6.18 Å². The van der Waals surface area contributed by atoms with E-state index in [1.165, 1.54) is 37.7 Å². The number of anilines is 3. The fraction of sp³-hybridized carbons (Fsp3) is 0.136. The molecule has 34 heavy (non-hydrogen) atoms. The van der Waals surface area contributed by atoms with E-state index in [0.29, 0.717) is 22.5 Å². The molecular weight excluding hydrogens is 471 g/mol. The molecule has 0 fully saturated rings. The summed E-state index contributed by atoms with van der Waals surface area (Å²) < 4.78 is 71.8. The zero-order valence-corrected chi connectivity index (χ0v) is 18.7. The fourth-order valence-electron chi connectivity index (χ4n) is 3.22. The number of nitrogens with one attached hydrogen (secondary N) is 2. The van der Waals surface area contributed by atoms with Crippen LogP contribution in [0.1, 0.15) is 11.3 Å². The normalized spacial score (nSPS) is 11.9. The smallest absolute Gasteiger partial charge is 0.416 e. The number of nitrogens with zero attached hydrogens (tertiary/aromatic N) is 3. The number of aryl methyl sites for hydroxylation is 1. The largest absolute Gasteiger partial charge is 0.481 e. The number of aromatic nitrogens is 3. The van der Waals surface area contributed by atoms with E-state index < -0.39 is 21.8 Å². The van der Waals surface area contributed by atoms with Crippen molar-refractivity contribution in [1.82, 2.24) is 15.0 Å². The van der Waals surface area contributed by atoms with E-state index in [1.807, 2.05) is 0 Å². The lowest BCUT2D eigenvalue weighted by Crippen LogP contribution is -2.14. The van der Waals surface area contributed by atoms with Crippen LogP contribution in [0.4, 0.5) is 30.4 Å². The maximum atomic E-state index is 13.1. The van der Waals surface area contributed by atoms with E-state index in [2.05, 4.69) is 25.0 Å². The van der Waals surface area contributed by atoms with Crippen molar-refractivity contribution in [1.29, 1.82) is 0 Å². The molecule has 0 aliphatic heterocycles. The molecule has 0 atom stereocenters. The van der Waals surface area contributed by atoms with Crippen LogP contribution in [-0.4, -0.2) is 30.5 Å². The van der Waals surface area contributed by atoms with Crippen LogP contribution in [0.2, 0.25) is 0 Å². The number of ether oxygens (including phenoxy) is 1. The number of methoxy groups -OCH3 is 1. The van der Waals surface area contributed by atoms with Crippen molar-refractivity contribution < 1.29 is 26.3 Å². The number of halogens is 3. The van der Waals surface area contributed by atoms with Gasteiger partial charge in [0, 0.05) is 28.5 Å². The molecular formula is C22H18F3N5O3S. The van der Waals surface area contributed by atoms with Crippen LogP contribution in [0.5, 0.6) is 5.88 Å². The number of pyridine rings is 1. The van der Waals surface area contributed by atoms with Crippen molar-refractivity contribution in [3.63, 3.8) is 0 Å². The summed E-state index contributed by atoms with van der Waals surface area (Å²) in [5.41, 5.74) is 1.01. The molecule has 0 aliphatic carbocycles. The summed E-state index contributed by atoms with van der Waals surface area (Å²) in [6.45, 7) is 1.67. The third-order valence-corrected chi connectivity index (χ3v) is 6.17. The third-order valence-electron chi connectivity index (χ3n) is 4.80. The van der Waals surface area contributed by atoms with Crippen molar-refractivity contribution in [2.75, 3.05) is 17.1 Å². The monoisotopic (exact) mass is 489 g/mol. The van der Waals surface area contributed by atoms with Gasteiger partial charge in [0.15, 0.2) is 0 Å². The Morgan fingerprint density at radius 1 is 0.971 bits per heavy atom. The van der Waals surface area contributed by atoms with Crippen molar-refractivity contribution in [2.45, 2.75) is 18.0 Å². The SMILES string of the molecule is COc1cc(NS(=O)(=O)c2ccc(Nc3cc(C)nc4cc(C(F)(F)F)ccc34)cc2)ncn1. The topological polar surface area (TPSA) is 106 Å². The molecule has 12 heteroatoms. The van der Waals surface area contributed by atoms with Gasteiger partial charge in [0.2, 0.25) is 5.88 Å². The summed E-state index contributed by atoms with van der Waals surface area (Å²) in [6, 6.07) is 12.2. The van der Waals surface area contributed by atoms with Crippen molar-refractivity contribution >= 4 is 38.1 Å². The summed E-state index contributed by atoms with van der Waals surface area (Å²) in [5, 5.41) is 3.61. The molecule has 2 aromatic carbocycles. The Hall–Kier alpha value is -3.93. The molecule has 8 nitrogen and oxygen atoms in total. The minimum atomic E-state index is -4.47. The van der Waals surface area contributed by atoms with Gasteiger partial charge in [0.25, 0.3) is 10.0 Å². The van der Waals surface area contributed by atoms with Gasteiger partial charge in [-0.15, -0.1) is 0 Å². The Kier molecular flexibility index (Phi) is 6.00. The zero-order valence-electron chi connectivity index (χ0n) is 17.9. The molecule has 2 heterocycles. The van der Waals surface area contributed by atoms with Gasteiger partial charge in [-0.2, -0.15) is 13.2 Å². The molecule has 0 bridgehead atoms. The van der Waals surface area contributed by atoms with Crippen LogP contribution < -0.4 is 14.8 Å². The first-order valence-electron chi connectivity index (χ1n) is 9.80. The lowest BCUT2D eigenvalue weighted by molar-refractivity contribution is -0.137. The van der Waals surface area contributed by atoms with Crippen LogP contribution in [-0.2, 0) is 16.2 Å². The summed E-state index contributed by atoms with van der Waals surface area (Å²) in [7, 11) is -2.53. The van der Waals surface area contributed by atoms with Gasteiger partial charge in [0.05, 0.1) is 23.1 Å². The third kappa shape index (κ3) is 5.01. The van der Waals surface area contributed by atoms with Crippen LogP contribution in [0.25, 0.3) is 10.9 Å². The molecule has 4 rings (SSSR count). The molecule has 176 valence electrons. The average molecular weight is 489 g/mol. The van der Waals surface area contributed by atoms with Gasteiger partial charge in [-0.05, 0) is 49.4 Å². The number of alkyl halides is 3. The van der Waals surface area contributed by atoms with Crippen molar-refractivity contribution in [3.8, 4) is 5.88 Å². The summed E-state index contributed by atoms with van der Waals surface area (Å²) in [4.78, 5) is 11.9. The lowest BCUT2D eigenvalue weighted by atomic mass is 10.1. The van der Waals surface area contributed by atoms with Crippen LogP contribution in [0, 0.1) is 6.92 Å². The fourth-order valence-corrected chi connectivity index (χ4v) is 4.22. The predicted molar refractivity (Wildman–Crippen MR) is 121 cm³/mol. The highest BCUT2D eigenvalue weighted by Gasteiger charge is 2.30. The average Bonchev–Trinajstić information content (AvgIpc) is 2.78. The van der Waals surface area contributed by atoms with E-state index in [1.54, 1.807) is 25.1 Å². The molecule has 0 saturated carbocycles. The predicted octanol–water partition coefficient (Wildman–Crippen LogP) is 4.91. The van der Waals surface area contributed by atoms with Crippen LogP contribution in [0.3, 0.4) is 0 Å². The highest BCUT2D eigenvalue weighted by atomic mass is 32.2. The summed E-state index contributed by atoms with van der Waals surface area (Å²) >= 11 is 0. The Bertz CT molecular complexity index is 1460. The number of benzene rings is 2. The number of hydrogen-bond acceptors (Lipinski definition) is 7. The molecule has 2 aromatic heterocycles. The first-order chi connectivity index (χ1) is 16.0. The second kappa shape index (κ2) is 8.78. The lowest BCUT2D eigenvalue weighted by Gasteiger charge is -2.13.